The first kappa shape index (κ1) is 14.3. The Kier molecular flexibility index (Phi) is 4.58. The van der Waals surface area contributed by atoms with Crippen LogP contribution < -0.4 is 5.32 Å². The van der Waals surface area contributed by atoms with Gasteiger partial charge in [0.1, 0.15) is 0 Å². The number of aromatic nitrogens is 1. The van der Waals surface area contributed by atoms with Gasteiger partial charge in [0, 0.05) is 36.7 Å². The fraction of sp³-hybridized carbons (Fsp3) is 0.200. The van der Waals surface area contributed by atoms with Crippen LogP contribution in [0.5, 0.6) is 0 Å². The molecule has 1 aromatic carbocycles. The van der Waals surface area contributed by atoms with Crippen molar-refractivity contribution in [3.05, 3.63) is 58.9 Å². The van der Waals surface area contributed by atoms with Gasteiger partial charge in [0.2, 0.25) is 0 Å². The first-order valence-corrected chi connectivity index (χ1v) is 6.61. The molecule has 1 heterocycles. The van der Waals surface area contributed by atoms with Crippen molar-refractivity contribution in [3.63, 3.8) is 0 Å². The number of carbonyl (C=O) groups excluding carboxylic acids is 1. The fourth-order valence-electron chi connectivity index (χ4n) is 1.72. The minimum absolute atomic E-state index is 0.179. The second-order valence-corrected chi connectivity index (χ2v) is 5.01. The van der Waals surface area contributed by atoms with Gasteiger partial charge < -0.3 is 10.2 Å². The van der Waals surface area contributed by atoms with E-state index in [1.807, 2.05) is 31.2 Å². The van der Waals surface area contributed by atoms with E-state index in [1.165, 1.54) is 0 Å². The van der Waals surface area contributed by atoms with E-state index in [0.29, 0.717) is 17.3 Å². The van der Waals surface area contributed by atoms with Crippen LogP contribution in [0, 0.1) is 6.92 Å². The number of amides is 2. The van der Waals surface area contributed by atoms with Gasteiger partial charge in [-0.3, -0.25) is 4.98 Å². The number of halogens is 1. The van der Waals surface area contributed by atoms with Gasteiger partial charge in [-0.1, -0.05) is 17.7 Å². The SMILES string of the molecule is Cc1ccc(NC(=O)N(C)Cc2ccncc2)cc1Cl. The summed E-state index contributed by atoms with van der Waals surface area (Å²) in [5.74, 6) is 0. The molecule has 4 nitrogen and oxygen atoms in total. The van der Waals surface area contributed by atoms with Crippen molar-refractivity contribution in [1.29, 1.82) is 0 Å². The quantitative estimate of drug-likeness (QED) is 0.936. The van der Waals surface area contributed by atoms with Gasteiger partial charge in [0.15, 0.2) is 0 Å². The molecule has 0 aliphatic carbocycles. The van der Waals surface area contributed by atoms with Gasteiger partial charge in [-0.05, 0) is 42.3 Å². The number of carbonyl (C=O) groups is 1. The average Bonchev–Trinajstić information content (AvgIpc) is 2.44. The minimum atomic E-state index is -0.179. The maximum atomic E-state index is 12.1. The van der Waals surface area contributed by atoms with Crippen LogP contribution in [0.1, 0.15) is 11.1 Å². The Hall–Kier alpha value is -2.07. The van der Waals surface area contributed by atoms with Crippen molar-refractivity contribution in [1.82, 2.24) is 9.88 Å². The molecule has 0 saturated carbocycles. The Morgan fingerprint density at radius 1 is 1.30 bits per heavy atom. The highest BCUT2D eigenvalue weighted by Crippen LogP contribution is 2.20. The summed E-state index contributed by atoms with van der Waals surface area (Å²) >= 11 is 6.03. The molecular weight excluding hydrogens is 274 g/mol. The van der Waals surface area contributed by atoms with Gasteiger partial charge in [-0.15, -0.1) is 0 Å². The van der Waals surface area contributed by atoms with Gasteiger partial charge in [-0.2, -0.15) is 0 Å². The molecule has 20 heavy (non-hydrogen) atoms. The van der Waals surface area contributed by atoms with E-state index in [-0.39, 0.29) is 6.03 Å². The third kappa shape index (κ3) is 3.71. The molecule has 104 valence electrons. The van der Waals surface area contributed by atoms with Crippen molar-refractivity contribution in [2.75, 3.05) is 12.4 Å². The number of anilines is 1. The van der Waals surface area contributed by atoms with Crippen LogP contribution in [-0.2, 0) is 6.54 Å². The second-order valence-electron chi connectivity index (χ2n) is 4.61. The Morgan fingerprint density at radius 2 is 2.00 bits per heavy atom. The predicted molar refractivity (Wildman–Crippen MR) is 80.9 cm³/mol. The molecule has 0 aliphatic heterocycles. The zero-order valence-electron chi connectivity index (χ0n) is 11.4. The lowest BCUT2D eigenvalue weighted by molar-refractivity contribution is 0.220. The molecule has 0 aliphatic rings. The molecule has 1 aromatic heterocycles. The van der Waals surface area contributed by atoms with E-state index in [0.717, 1.165) is 11.1 Å². The molecular formula is C15H16ClN3O. The number of urea groups is 1. The molecule has 0 unspecified atom stereocenters. The summed E-state index contributed by atoms with van der Waals surface area (Å²) in [6, 6.07) is 9.04. The molecule has 0 atom stereocenters. The second kappa shape index (κ2) is 6.39. The van der Waals surface area contributed by atoms with Gasteiger partial charge in [-0.25, -0.2) is 4.79 Å². The third-order valence-corrected chi connectivity index (χ3v) is 3.35. The van der Waals surface area contributed by atoms with Crippen molar-refractivity contribution in [3.8, 4) is 0 Å². The van der Waals surface area contributed by atoms with E-state index in [1.54, 1.807) is 30.4 Å². The largest absolute Gasteiger partial charge is 0.323 e. The molecule has 2 rings (SSSR count). The lowest BCUT2D eigenvalue weighted by atomic mass is 10.2. The van der Waals surface area contributed by atoms with E-state index < -0.39 is 0 Å². The zero-order valence-corrected chi connectivity index (χ0v) is 12.2. The number of nitrogens with zero attached hydrogens (tertiary/aromatic N) is 2. The molecule has 5 heteroatoms. The molecule has 2 aromatic rings. The number of hydrogen-bond donors (Lipinski definition) is 1. The van der Waals surface area contributed by atoms with Gasteiger partial charge in [0.05, 0.1) is 0 Å². The number of pyridine rings is 1. The summed E-state index contributed by atoms with van der Waals surface area (Å²) in [6.45, 7) is 2.44. The number of hydrogen-bond acceptors (Lipinski definition) is 2. The summed E-state index contributed by atoms with van der Waals surface area (Å²) in [6.07, 6.45) is 3.42. The molecule has 2 amide bonds. The molecule has 0 bridgehead atoms. The summed E-state index contributed by atoms with van der Waals surface area (Å²) in [4.78, 5) is 17.6. The summed E-state index contributed by atoms with van der Waals surface area (Å²) in [5, 5.41) is 3.46. The van der Waals surface area contributed by atoms with Crippen molar-refractivity contribution in [2.24, 2.45) is 0 Å². The Morgan fingerprint density at radius 3 is 2.65 bits per heavy atom. The molecule has 0 radical (unpaired) electrons. The smallest absolute Gasteiger partial charge is 0.321 e. The van der Waals surface area contributed by atoms with Crippen LogP contribution in [0.25, 0.3) is 0 Å². The molecule has 0 saturated heterocycles. The van der Waals surface area contributed by atoms with Gasteiger partial charge >= 0.3 is 6.03 Å². The molecule has 0 spiro atoms. The van der Waals surface area contributed by atoms with Crippen LogP contribution in [0.2, 0.25) is 5.02 Å². The summed E-state index contributed by atoms with van der Waals surface area (Å²) < 4.78 is 0. The van der Waals surface area contributed by atoms with E-state index >= 15 is 0 Å². The summed E-state index contributed by atoms with van der Waals surface area (Å²) in [7, 11) is 1.74. The first-order chi connectivity index (χ1) is 9.56. The van der Waals surface area contributed by atoms with Crippen LogP contribution in [-0.4, -0.2) is 23.0 Å². The van der Waals surface area contributed by atoms with E-state index in [4.69, 9.17) is 11.6 Å². The molecule has 1 N–H and O–H groups in total. The highest BCUT2D eigenvalue weighted by Gasteiger charge is 2.09. The normalized spacial score (nSPS) is 10.2. The van der Waals surface area contributed by atoms with Gasteiger partial charge in [0.25, 0.3) is 0 Å². The van der Waals surface area contributed by atoms with E-state index in [9.17, 15) is 4.79 Å². The Labute approximate surface area is 123 Å². The minimum Gasteiger partial charge on any atom is -0.323 e. The van der Waals surface area contributed by atoms with E-state index in [2.05, 4.69) is 10.3 Å². The highest BCUT2D eigenvalue weighted by atomic mass is 35.5. The highest BCUT2D eigenvalue weighted by molar-refractivity contribution is 6.31. The van der Waals surface area contributed by atoms with Crippen molar-refractivity contribution in [2.45, 2.75) is 13.5 Å². The monoisotopic (exact) mass is 289 g/mol. The molecule has 0 fully saturated rings. The Bertz CT molecular complexity index is 601. The maximum Gasteiger partial charge on any atom is 0.321 e. The maximum absolute atomic E-state index is 12.1. The van der Waals surface area contributed by atoms with Crippen LogP contribution >= 0.6 is 11.6 Å². The zero-order chi connectivity index (χ0) is 14.5. The van der Waals surface area contributed by atoms with Crippen LogP contribution in [0.15, 0.2) is 42.7 Å². The number of rotatable bonds is 3. The lowest BCUT2D eigenvalue weighted by Gasteiger charge is -2.18. The third-order valence-electron chi connectivity index (χ3n) is 2.94. The standard InChI is InChI=1S/C15H16ClN3O/c1-11-3-4-13(9-14(11)16)18-15(20)19(2)10-12-5-7-17-8-6-12/h3-9H,10H2,1-2H3,(H,18,20). The van der Waals surface area contributed by atoms with Crippen molar-refractivity contribution < 1.29 is 4.79 Å². The number of aryl methyl sites for hydroxylation is 1. The fourth-order valence-corrected chi connectivity index (χ4v) is 1.90. The summed E-state index contributed by atoms with van der Waals surface area (Å²) in [5.41, 5.74) is 2.70. The lowest BCUT2D eigenvalue weighted by Crippen LogP contribution is -2.30. The predicted octanol–water partition coefficient (Wildman–Crippen LogP) is 3.71. The number of nitrogens with one attached hydrogen (secondary N) is 1. The van der Waals surface area contributed by atoms with Crippen LogP contribution in [0.3, 0.4) is 0 Å². The van der Waals surface area contributed by atoms with Crippen molar-refractivity contribution >= 4 is 23.3 Å². The Balaban J connectivity index is 1.99. The van der Waals surface area contributed by atoms with Crippen LogP contribution in [0.4, 0.5) is 10.5 Å². The first-order valence-electron chi connectivity index (χ1n) is 6.23. The topological polar surface area (TPSA) is 45.2 Å². The number of benzene rings is 1. The average molecular weight is 290 g/mol.